The molecule has 11 heavy (non-hydrogen) atoms. The van der Waals surface area contributed by atoms with Gasteiger partial charge in [0.25, 0.3) is 0 Å². The van der Waals surface area contributed by atoms with E-state index in [4.69, 9.17) is 4.74 Å². The summed E-state index contributed by atoms with van der Waals surface area (Å²) in [7, 11) is 0. The standard InChI is InChI=1S/C6H10O.C2H6.C2H4/c1-5-3-6(2)7-4-5;2*1-2/h5H,2-4H2,1H3;1-2H3;1-2H2. The molecule has 0 aromatic rings. The molecule has 1 heterocycles. The molecule has 0 aromatic carbocycles. The Balaban J connectivity index is 0. The summed E-state index contributed by atoms with van der Waals surface area (Å²) in [5, 5.41) is 0. The van der Waals surface area contributed by atoms with Crippen molar-refractivity contribution in [3.05, 3.63) is 25.5 Å². The van der Waals surface area contributed by atoms with Crippen molar-refractivity contribution in [1.82, 2.24) is 0 Å². The van der Waals surface area contributed by atoms with E-state index in [0.717, 1.165) is 18.8 Å². The molecule has 1 nitrogen and oxygen atoms in total. The first-order chi connectivity index (χ1) is 5.29. The van der Waals surface area contributed by atoms with Crippen LogP contribution in [0.4, 0.5) is 0 Å². The van der Waals surface area contributed by atoms with Crippen LogP contribution in [0.2, 0.25) is 0 Å². The largest absolute Gasteiger partial charge is 0.498 e. The van der Waals surface area contributed by atoms with Crippen LogP contribution in [0, 0.1) is 5.92 Å². The second-order valence-electron chi connectivity index (χ2n) is 2.16. The van der Waals surface area contributed by atoms with Crippen molar-refractivity contribution in [2.75, 3.05) is 6.61 Å². The SMILES string of the molecule is C=C.C=C1CC(C)CO1.CC. The average molecular weight is 156 g/mol. The number of rotatable bonds is 0. The van der Waals surface area contributed by atoms with E-state index < -0.39 is 0 Å². The lowest BCUT2D eigenvalue weighted by molar-refractivity contribution is 0.247. The highest BCUT2D eigenvalue weighted by molar-refractivity contribution is 4.89. The third kappa shape index (κ3) is 7.17. The number of ether oxygens (including phenoxy) is 1. The van der Waals surface area contributed by atoms with E-state index in [0.29, 0.717) is 5.92 Å². The van der Waals surface area contributed by atoms with Crippen molar-refractivity contribution in [3.8, 4) is 0 Å². The number of allylic oxidation sites excluding steroid dienone is 1. The summed E-state index contributed by atoms with van der Waals surface area (Å²) in [6.07, 6.45) is 1.06. The van der Waals surface area contributed by atoms with Gasteiger partial charge in [0, 0.05) is 6.42 Å². The molecule has 1 fully saturated rings. The van der Waals surface area contributed by atoms with Crippen molar-refractivity contribution in [2.24, 2.45) is 5.92 Å². The summed E-state index contributed by atoms with van der Waals surface area (Å²) < 4.78 is 5.07. The summed E-state index contributed by atoms with van der Waals surface area (Å²) >= 11 is 0. The van der Waals surface area contributed by atoms with Crippen molar-refractivity contribution < 1.29 is 4.74 Å². The van der Waals surface area contributed by atoms with Gasteiger partial charge in [-0.2, -0.15) is 0 Å². The molecule has 1 saturated heterocycles. The highest BCUT2D eigenvalue weighted by Gasteiger charge is 2.12. The molecule has 0 bridgehead atoms. The number of hydrogen-bond donors (Lipinski definition) is 0. The highest BCUT2D eigenvalue weighted by atomic mass is 16.5. The first-order valence-corrected chi connectivity index (χ1v) is 4.09. The van der Waals surface area contributed by atoms with E-state index in [9.17, 15) is 0 Å². The predicted molar refractivity (Wildman–Crippen MR) is 51.5 cm³/mol. The zero-order valence-electron chi connectivity index (χ0n) is 8.02. The summed E-state index contributed by atoms with van der Waals surface area (Å²) in [6, 6.07) is 0. The van der Waals surface area contributed by atoms with E-state index >= 15 is 0 Å². The summed E-state index contributed by atoms with van der Waals surface area (Å²) in [6.45, 7) is 16.7. The van der Waals surface area contributed by atoms with Gasteiger partial charge in [0.15, 0.2) is 0 Å². The first-order valence-electron chi connectivity index (χ1n) is 4.09. The monoisotopic (exact) mass is 156 g/mol. The van der Waals surface area contributed by atoms with Crippen LogP contribution >= 0.6 is 0 Å². The van der Waals surface area contributed by atoms with E-state index in [-0.39, 0.29) is 0 Å². The van der Waals surface area contributed by atoms with Crippen LogP contribution in [0.3, 0.4) is 0 Å². The number of hydrogen-bond acceptors (Lipinski definition) is 1. The van der Waals surface area contributed by atoms with Gasteiger partial charge in [-0.3, -0.25) is 0 Å². The van der Waals surface area contributed by atoms with Crippen molar-refractivity contribution >= 4 is 0 Å². The topological polar surface area (TPSA) is 9.23 Å². The normalized spacial score (nSPS) is 20.3. The molecule has 0 radical (unpaired) electrons. The van der Waals surface area contributed by atoms with Crippen LogP contribution < -0.4 is 0 Å². The van der Waals surface area contributed by atoms with Gasteiger partial charge in [0.1, 0.15) is 0 Å². The maximum absolute atomic E-state index is 5.07. The smallest absolute Gasteiger partial charge is 0.0906 e. The van der Waals surface area contributed by atoms with Gasteiger partial charge in [-0.05, 0) is 5.92 Å². The second kappa shape index (κ2) is 9.28. The minimum Gasteiger partial charge on any atom is -0.498 e. The average Bonchev–Trinajstić information content (AvgIpc) is 2.43. The highest BCUT2D eigenvalue weighted by Crippen LogP contribution is 2.19. The Labute approximate surface area is 70.8 Å². The fraction of sp³-hybridized carbons (Fsp3) is 0.600. The van der Waals surface area contributed by atoms with Gasteiger partial charge < -0.3 is 4.74 Å². The van der Waals surface area contributed by atoms with Crippen molar-refractivity contribution in [1.29, 1.82) is 0 Å². The lowest BCUT2D eigenvalue weighted by atomic mass is 10.1. The molecule has 1 rings (SSSR count). The van der Waals surface area contributed by atoms with E-state index in [2.05, 4.69) is 26.7 Å². The Bertz CT molecular complexity index is 97.0. The van der Waals surface area contributed by atoms with Crippen LogP contribution in [0.1, 0.15) is 27.2 Å². The van der Waals surface area contributed by atoms with Gasteiger partial charge in [0.05, 0.1) is 12.4 Å². The van der Waals surface area contributed by atoms with Gasteiger partial charge >= 0.3 is 0 Å². The molecule has 1 atom stereocenters. The van der Waals surface area contributed by atoms with Crippen LogP contribution in [0.15, 0.2) is 25.5 Å². The maximum Gasteiger partial charge on any atom is 0.0906 e. The molecule has 0 amide bonds. The second-order valence-corrected chi connectivity index (χ2v) is 2.16. The molecule has 0 spiro atoms. The van der Waals surface area contributed by atoms with Gasteiger partial charge in [0.2, 0.25) is 0 Å². The van der Waals surface area contributed by atoms with Gasteiger partial charge in [-0.1, -0.05) is 27.4 Å². The molecule has 1 heteroatoms. The van der Waals surface area contributed by atoms with Crippen LogP contribution in [-0.4, -0.2) is 6.61 Å². The molecule has 0 aliphatic carbocycles. The fourth-order valence-corrected chi connectivity index (χ4v) is 0.767. The van der Waals surface area contributed by atoms with E-state index in [1.54, 1.807) is 0 Å². The predicted octanol–water partition coefficient (Wildman–Crippen LogP) is 3.38. The summed E-state index contributed by atoms with van der Waals surface area (Å²) in [5.41, 5.74) is 0. The molecular weight excluding hydrogens is 136 g/mol. The van der Waals surface area contributed by atoms with Gasteiger partial charge in [-0.15, -0.1) is 13.2 Å². The first kappa shape index (κ1) is 12.9. The van der Waals surface area contributed by atoms with Crippen LogP contribution in [0.5, 0.6) is 0 Å². The quantitative estimate of drug-likeness (QED) is 0.488. The molecule has 1 aliphatic rings. The van der Waals surface area contributed by atoms with Crippen LogP contribution in [0.25, 0.3) is 0 Å². The lowest BCUT2D eigenvalue weighted by Crippen LogP contribution is -1.88. The Morgan fingerprint density at radius 1 is 1.36 bits per heavy atom. The zero-order valence-corrected chi connectivity index (χ0v) is 8.02. The Morgan fingerprint density at radius 2 is 1.82 bits per heavy atom. The minimum atomic E-state index is 0.701. The van der Waals surface area contributed by atoms with E-state index in [1.807, 2.05) is 13.8 Å². The maximum atomic E-state index is 5.07. The third-order valence-corrected chi connectivity index (χ3v) is 1.15. The summed E-state index contributed by atoms with van der Waals surface area (Å²) in [4.78, 5) is 0. The summed E-state index contributed by atoms with van der Waals surface area (Å²) in [5.74, 6) is 1.65. The Hall–Kier alpha value is -0.720. The molecule has 1 unspecified atom stereocenters. The van der Waals surface area contributed by atoms with E-state index in [1.165, 1.54) is 0 Å². The zero-order chi connectivity index (χ0) is 9.28. The molecule has 0 N–H and O–H groups in total. The molecular formula is C10H20O. The molecule has 66 valence electrons. The van der Waals surface area contributed by atoms with Gasteiger partial charge in [-0.25, -0.2) is 0 Å². The van der Waals surface area contributed by atoms with Crippen molar-refractivity contribution in [3.63, 3.8) is 0 Å². The molecule has 1 aliphatic heterocycles. The van der Waals surface area contributed by atoms with Crippen LogP contribution in [-0.2, 0) is 4.74 Å². The lowest BCUT2D eigenvalue weighted by Gasteiger charge is -1.89. The minimum absolute atomic E-state index is 0.701. The van der Waals surface area contributed by atoms with Crippen molar-refractivity contribution in [2.45, 2.75) is 27.2 Å². The molecule has 0 aromatic heterocycles. The Morgan fingerprint density at radius 3 is 1.91 bits per heavy atom. The fourth-order valence-electron chi connectivity index (χ4n) is 0.767. The third-order valence-electron chi connectivity index (χ3n) is 1.15. The Kier molecular flexibility index (Phi) is 10.9. The molecule has 0 saturated carbocycles.